The van der Waals surface area contributed by atoms with Crippen LogP contribution in [0.25, 0.3) is 10.9 Å². The highest BCUT2D eigenvalue weighted by Gasteiger charge is 1.96. The number of para-hydroxylation sites is 1. The zero-order chi connectivity index (χ0) is 15.9. The van der Waals surface area contributed by atoms with Crippen molar-refractivity contribution in [2.24, 2.45) is 5.10 Å². The summed E-state index contributed by atoms with van der Waals surface area (Å²) in [6.45, 7) is 2.83. The van der Waals surface area contributed by atoms with Gasteiger partial charge in [-0.2, -0.15) is 5.10 Å². The van der Waals surface area contributed by atoms with Gasteiger partial charge in [0.1, 0.15) is 11.6 Å². The first-order valence-corrected chi connectivity index (χ1v) is 7.73. The van der Waals surface area contributed by atoms with Gasteiger partial charge < -0.3 is 4.74 Å². The van der Waals surface area contributed by atoms with Crippen LogP contribution in [0.15, 0.2) is 65.8 Å². The lowest BCUT2D eigenvalue weighted by Gasteiger charge is -2.04. The normalized spacial score (nSPS) is 11.0. The molecule has 0 spiro atoms. The standard InChI is InChI=1S/C19H19N3O/c1-2-13-23-17-10-7-15(8-11-17)14-20-22-19-12-9-16-5-3-4-6-18(16)21-19/h3-12,14H,2,13H2,1H3,(H,21,22)/b20-14-. The predicted molar refractivity (Wildman–Crippen MR) is 95.2 cm³/mol. The highest BCUT2D eigenvalue weighted by atomic mass is 16.5. The van der Waals surface area contributed by atoms with Gasteiger partial charge >= 0.3 is 0 Å². The third-order valence-electron chi connectivity index (χ3n) is 3.34. The van der Waals surface area contributed by atoms with Gasteiger partial charge in [0.05, 0.1) is 18.3 Å². The van der Waals surface area contributed by atoms with E-state index in [1.54, 1.807) is 6.21 Å². The average Bonchev–Trinajstić information content (AvgIpc) is 2.61. The fourth-order valence-corrected chi connectivity index (χ4v) is 2.17. The second kappa shape index (κ2) is 7.40. The van der Waals surface area contributed by atoms with Crippen molar-refractivity contribution in [2.75, 3.05) is 12.0 Å². The van der Waals surface area contributed by atoms with Gasteiger partial charge in [-0.05, 0) is 54.4 Å². The first kappa shape index (κ1) is 15.0. The molecule has 0 bridgehead atoms. The van der Waals surface area contributed by atoms with Gasteiger partial charge in [-0.25, -0.2) is 4.98 Å². The number of ether oxygens (including phenoxy) is 1. The smallest absolute Gasteiger partial charge is 0.146 e. The molecule has 116 valence electrons. The quantitative estimate of drug-likeness (QED) is 0.540. The number of anilines is 1. The van der Waals surface area contributed by atoms with Gasteiger partial charge in [0.25, 0.3) is 0 Å². The lowest BCUT2D eigenvalue weighted by atomic mass is 10.2. The maximum atomic E-state index is 5.55. The molecule has 1 aromatic heterocycles. The number of nitrogens with one attached hydrogen (secondary N) is 1. The number of fused-ring (bicyclic) bond motifs is 1. The lowest BCUT2D eigenvalue weighted by molar-refractivity contribution is 0.317. The van der Waals surface area contributed by atoms with Crippen molar-refractivity contribution in [1.29, 1.82) is 0 Å². The Hall–Kier alpha value is -2.88. The van der Waals surface area contributed by atoms with E-state index in [9.17, 15) is 0 Å². The van der Waals surface area contributed by atoms with Crippen molar-refractivity contribution in [2.45, 2.75) is 13.3 Å². The topological polar surface area (TPSA) is 46.5 Å². The maximum Gasteiger partial charge on any atom is 0.146 e. The number of aromatic nitrogens is 1. The monoisotopic (exact) mass is 305 g/mol. The first-order chi connectivity index (χ1) is 11.3. The molecule has 0 aliphatic rings. The van der Waals surface area contributed by atoms with Gasteiger partial charge in [-0.1, -0.05) is 25.1 Å². The van der Waals surface area contributed by atoms with Gasteiger partial charge in [0.15, 0.2) is 0 Å². The van der Waals surface area contributed by atoms with Gasteiger partial charge in [-0.15, -0.1) is 0 Å². The van der Waals surface area contributed by atoms with Crippen LogP contribution >= 0.6 is 0 Å². The molecule has 0 unspecified atom stereocenters. The number of rotatable bonds is 6. The van der Waals surface area contributed by atoms with E-state index < -0.39 is 0 Å². The van der Waals surface area contributed by atoms with Crippen LogP contribution in [0, 0.1) is 0 Å². The minimum absolute atomic E-state index is 0.725. The summed E-state index contributed by atoms with van der Waals surface area (Å²) in [6, 6.07) is 19.8. The van der Waals surface area contributed by atoms with Crippen LogP contribution in [0.3, 0.4) is 0 Å². The number of hydrogen-bond acceptors (Lipinski definition) is 4. The molecule has 4 heteroatoms. The van der Waals surface area contributed by atoms with Crippen molar-refractivity contribution >= 4 is 22.9 Å². The maximum absolute atomic E-state index is 5.55. The van der Waals surface area contributed by atoms with Crippen LogP contribution in [-0.4, -0.2) is 17.8 Å². The van der Waals surface area contributed by atoms with Crippen molar-refractivity contribution in [3.8, 4) is 5.75 Å². The minimum Gasteiger partial charge on any atom is -0.494 e. The highest BCUT2D eigenvalue weighted by molar-refractivity contribution is 5.81. The second-order valence-corrected chi connectivity index (χ2v) is 5.18. The number of benzene rings is 2. The summed E-state index contributed by atoms with van der Waals surface area (Å²) in [4.78, 5) is 4.51. The van der Waals surface area contributed by atoms with E-state index in [2.05, 4.69) is 22.4 Å². The Morgan fingerprint density at radius 2 is 1.87 bits per heavy atom. The SMILES string of the molecule is CCCOc1ccc(/C=N\Nc2ccc3ccccc3n2)cc1. The Morgan fingerprint density at radius 3 is 2.70 bits per heavy atom. The van der Waals surface area contributed by atoms with E-state index in [1.165, 1.54) is 0 Å². The van der Waals surface area contributed by atoms with Crippen LogP contribution in [0.5, 0.6) is 5.75 Å². The Bertz CT molecular complexity index is 797. The molecule has 0 amide bonds. The third kappa shape index (κ3) is 4.07. The molecule has 0 fully saturated rings. The molecule has 0 radical (unpaired) electrons. The fraction of sp³-hybridized carbons (Fsp3) is 0.158. The van der Waals surface area contributed by atoms with Gasteiger partial charge in [0, 0.05) is 5.39 Å². The Morgan fingerprint density at radius 1 is 1.04 bits per heavy atom. The molecule has 0 saturated carbocycles. The number of pyridine rings is 1. The Labute approximate surface area is 135 Å². The van der Waals surface area contributed by atoms with Crippen LogP contribution in [0.1, 0.15) is 18.9 Å². The third-order valence-corrected chi connectivity index (χ3v) is 3.34. The number of hydrazone groups is 1. The van der Waals surface area contributed by atoms with Crippen molar-refractivity contribution < 1.29 is 4.74 Å². The van der Waals surface area contributed by atoms with Crippen molar-refractivity contribution in [1.82, 2.24) is 4.98 Å². The summed E-state index contributed by atoms with van der Waals surface area (Å²) in [7, 11) is 0. The molecular weight excluding hydrogens is 286 g/mol. The Balaban J connectivity index is 1.63. The average molecular weight is 305 g/mol. The number of nitrogens with zero attached hydrogens (tertiary/aromatic N) is 2. The molecule has 3 aromatic rings. The van der Waals surface area contributed by atoms with Gasteiger partial charge in [0.2, 0.25) is 0 Å². The summed E-state index contributed by atoms with van der Waals surface area (Å²) in [5.74, 6) is 1.61. The number of hydrogen-bond donors (Lipinski definition) is 1. The zero-order valence-corrected chi connectivity index (χ0v) is 13.1. The van der Waals surface area contributed by atoms with Crippen LogP contribution in [0.4, 0.5) is 5.82 Å². The lowest BCUT2D eigenvalue weighted by Crippen LogP contribution is -1.95. The minimum atomic E-state index is 0.725. The fourth-order valence-electron chi connectivity index (χ4n) is 2.17. The molecule has 0 aliphatic carbocycles. The van der Waals surface area contributed by atoms with E-state index in [-0.39, 0.29) is 0 Å². The largest absolute Gasteiger partial charge is 0.494 e. The van der Waals surface area contributed by atoms with Crippen LogP contribution in [0.2, 0.25) is 0 Å². The van der Waals surface area contributed by atoms with E-state index >= 15 is 0 Å². The van der Waals surface area contributed by atoms with E-state index in [0.29, 0.717) is 0 Å². The van der Waals surface area contributed by atoms with Gasteiger partial charge in [-0.3, -0.25) is 5.43 Å². The zero-order valence-electron chi connectivity index (χ0n) is 13.1. The summed E-state index contributed by atoms with van der Waals surface area (Å²) < 4.78 is 5.55. The summed E-state index contributed by atoms with van der Waals surface area (Å²) >= 11 is 0. The molecule has 0 saturated heterocycles. The molecule has 1 N–H and O–H groups in total. The van der Waals surface area contributed by atoms with Crippen molar-refractivity contribution in [3.05, 3.63) is 66.2 Å². The van der Waals surface area contributed by atoms with Crippen molar-refractivity contribution in [3.63, 3.8) is 0 Å². The molecule has 0 aliphatic heterocycles. The first-order valence-electron chi connectivity index (χ1n) is 7.73. The molecule has 3 rings (SSSR count). The highest BCUT2D eigenvalue weighted by Crippen LogP contribution is 2.14. The summed E-state index contributed by atoms with van der Waals surface area (Å²) in [5.41, 5.74) is 4.91. The summed E-state index contributed by atoms with van der Waals surface area (Å²) in [6.07, 6.45) is 2.77. The van der Waals surface area contributed by atoms with E-state index in [1.807, 2.05) is 60.7 Å². The van der Waals surface area contributed by atoms with E-state index in [4.69, 9.17) is 4.74 Å². The van der Waals surface area contributed by atoms with E-state index in [0.717, 1.165) is 41.1 Å². The molecule has 1 heterocycles. The molecule has 23 heavy (non-hydrogen) atoms. The van der Waals surface area contributed by atoms with Crippen LogP contribution < -0.4 is 10.2 Å². The molecule has 4 nitrogen and oxygen atoms in total. The predicted octanol–water partition coefficient (Wildman–Crippen LogP) is 4.47. The van der Waals surface area contributed by atoms with Crippen LogP contribution in [-0.2, 0) is 0 Å². The molecular formula is C19H19N3O. The Kier molecular flexibility index (Phi) is 4.84. The molecule has 0 atom stereocenters. The molecule has 2 aromatic carbocycles. The second-order valence-electron chi connectivity index (χ2n) is 5.18. The summed E-state index contributed by atoms with van der Waals surface area (Å²) in [5, 5.41) is 5.35.